The molecule has 0 bridgehead atoms. The Hall–Kier alpha value is -1.13. The molecule has 0 unspecified atom stereocenters. The Morgan fingerprint density at radius 1 is 1.30 bits per heavy atom. The van der Waals surface area contributed by atoms with Crippen molar-refractivity contribution in [2.45, 2.75) is 38.3 Å². The van der Waals surface area contributed by atoms with Crippen LogP contribution in [0.5, 0.6) is 0 Å². The molecule has 3 rings (SSSR count). The number of likely N-dealkylation sites (tertiary alicyclic amines) is 2. The Morgan fingerprint density at radius 2 is 2.20 bits per heavy atom. The number of hydrogen-bond acceptors (Lipinski definition) is 3. The summed E-state index contributed by atoms with van der Waals surface area (Å²) in [4.78, 5) is 20.5. The van der Waals surface area contributed by atoms with Crippen LogP contribution in [0.15, 0.2) is 18.3 Å². The van der Waals surface area contributed by atoms with E-state index >= 15 is 0 Å². The number of nitrogens with zero attached hydrogens (tertiary/aromatic N) is 3. The minimum absolute atomic E-state index is 0.338. The van der Waals surface area contributed by atoms with Gasteiger partial charge in [0.2, 0.25) is 5.91 Å². The summed E-state index contributed by atoms with van der Waals surface area (Å²) in [5, 5.41) is 0.535. The molecule has 0 saturated carbocycles. The second-order valence-electron chi connectivity index (χ2n) is 5.71. The highest BCUT2D eigenvalue weighted by Crippen LogP contribution is 2.22. The van der Waals surface area contributed by atoms with Gasteiger partial charge in [0, 0.05) is 38.3 Å². The lowest BCUT2D eigenvalue weighted by molar-refractivity contribution is -0.130. The number of halogens is 1. The third-order valence-corrected chi connectivity index (χ3v) is 4.45. The van der Waals surface area contributed by atoms with Gasteiger partial charge in [0.15, 0.2) is 0 Å². The summed E-state index contributed by atoms with van der Waals surface area (Å²) in [5.74, 6) is 0.338. The molecule has 2 aliphatic heterocycles. The van der Waals surface area contributed by atoms with Gasteiger partial charge in [-0.1, -0.05) is 17.7 Å². The van der Waals surface area contributed by atoms with Crippen LogP contribution in [0.2, 0.25) is 5.15 Å². The van der Waals surface area contributed by atoms with E-state index in [1.54, 1.807) is 0 Å². The molecule has 1 aromatic rings. The van der Waals surface area contributed by atoms with Crippen LogP contribution in [0.1, 0.15) is 31.2 Å². The smallest absolute Gasteiger partial charge is 0.222 e. The number of aromatic nitrogens is 1. The third-order valence-electron chi connectivity index (χ3n) is 4.23. The normalized spacial score (nSPS) is 24.4. The van der Waals surface area contributed by atoms with Crippen molar-refractivity contribution in [2.75, 3.05) is 19.6 Å². The van der Waals surface area contributed by atoms with Gasteiger partial charge in [-0.15, -0.1) is 0 Å². The maximum Gasteiger partial charge on any atom is 0.222 e. The number of amides is 1. The Balaban J connectivity index is 1.60. The predicted octanol–water partition coefficient (Wildman–Crippen LogP) is 2.32. The van der Waals surface area contributed by atoms with Crippen molar-refractivity contribution < 1.29 is 4.79 Å². The summed E-state index contributed by atoms with van der Waals surface area (Å²) in [6.07, 6.45) is 5.90. The zero-order chi connectivity index (χ0) is 13.9. The van der Waals surface area contributed by atoms with Crippen molar-refractivity contribution in [3.63, 3.8) is 0 Å². The number of carbonyl (C=O) groups is 1. The van der Waals surface area contributed by atoms with Gasteiger partial charge in [-0.2, -0.15) is 0 Å². The molecule has 0 aromatic carbocycles. The fourth-order valence-corrected chi connectivity index (χ4v) is 3.35. The quantitative estimate of drug-likeness (QED) is 0.803. The minimum Gasteiger partial charge on any atom is -0.338 e. The van der Waals surface area contributed by atoms with Crippen molar-refractivity contribution in [3.05, 3.63) is 29.0 Å². The fraction of sp³-hybridized carbons (Fsp3) is 0.600. The van der Waals surface area contributed by atoms with Gasteiger partial charge in [-0.25, -0.2) is 4.98 Å². The lowest BCUT2D eigenvalue weighted by Gasteiger charge is -2.37. The van der Waals surface area contributed by atoms with E-state index in [2.05, 4.69) is 14.8 Å². The molecule has 1 aromatic heterocycles. The lowest BCUT2D eigenvalue weighted by atomic mass is 10.0. The average molecular weight is 294 g/mol. The van der Waals surface area contributed by atoms with Crippen molar-refractivity contribution >= 4 is 17.5 Å². The van der Waals surface area contributed by atoms with Gasteiger partial charge in [-0.05, 0) is 37.4 Å². The van der Waals surface area contributed by atoms with Gasteiger partial charge < -0.3 is 4.90 Å². The first-order valence-electron chi connectivity index (χ1n) is 7.34. The molecule has 0 aliphatic carbocycles. The van der Waals surface area contributed by atoms with Crippen LogP contribution in [0.3, 0.4) is 0 Å². The molecule has 0 N–H and O–H groups in total. The van der Waals surface area contributed by atoms with E-state index in [9.17, 15) is 4.79 Å². The first-order valence-corrected chi connectivity index (χ1v) is 7.72. The van der Waals surface area contributed by atoms with Gasteiger partial charge >= 0.3 is 0 Å². The van der Waals surface area contributed by atoms with E-state index in [1.165, 1.54) is 5.56 Å². The number of piperidine rings is 1. The van der Waals surface area contributed by atoms with E-state index in [4.69, 9.17) is 11.6 Å². The maximum absolute atomic E-state index is 11.9. The molecule has 5 heteroatoms. The maximum atomic E-state index is 11.9. The fourth-order valence-electron chi connectivity index (χ4n) is 3.24. The highest BCUT2D eigenvalue weighted by Gasteiger charge is 2.31. The molecule has 20 heavy (non-hydrogen) atoms. The Labute approximate surface area is 124 Å². The molecule has 3 heterocycles. The molecule has 1 atom stereocenters. The summed E-state index contributed by atoms with van der Waals surface area (Å²) in [6, 6.07) is 4.27. The molecular weight excluding hydrogens is 274 g/mol. The van der Waals surface area contributed by atoms with Crippen LogP contribution >= 0.6 is 11.6 Å². The number of carbonyl (C=O) groups excluding carboxylic acids is 1. The van der Waals surface area contributed by atoms with Crippen molar-refractivity contribution in [1.29, 1.82) is 0 Å². The summed E-state index contributed by atoms with van der Waals surface area (Å²) >= 11 is 5.81. The molecule has 2 aliphatic rings. The Bertz CT molecular complexity index is 477. The first-order chi connectivity index (χ1) is 9.72. The summed E-state index contributed by atoms with van der Waals surface area (Å²) in [6.45, 7) is 3.91. The zero-order valence-electron chi connectivity index (χ0n) is 11.6. The topological polar surface area (TPSA) is 36.4 Å². The second-order valence-corrected chi connectivity index (χ2v) is 6.10. The summed E-state index contributed by atoms with van der Waals surface area (Å²) in [5.41, 5.74) is 1.18. The lowest BCUT2D eigenvalue weighted by Crippen LogP contribution is -2.48. The van der Waals surface area contributed by atoms with Crippen molar-refractivity contribution in [1.82, 2.24) is 14.8 Å². The van der Waals surface area contributed by atoms with E-state index in [0.29, 0.717) is 17.1 Å². The molecule has 108 valence electrons. The van der Waals surface area contributed by atoms with Crippen LogP contribution in [-0.4, -0.2) is 46.4 Å². The molecule has 1 amide bonds. The van der Waals surface area contributed by atoms with E-state index < -0.39 is 0 Å². The number of rotatable bonds is 3. The van der Waals surface area contributed by atoms with Gasteiger partial charge in [0.05, 0.1) is 0 Å². The first kappa shape index (κ1) is 13.8. The van der Waals surface area contributed by atoms with Crippen LogP contribution in [0, 0.1) is 0 Å². The number of pyridine rings is 1. The Morgan fingerprint density at radius 3 is 2.90 bits per heavy atom. The monoisotopic (exact) mass is 293 g/mol. The Kier molecular flexibility index (Phi) is 4.22. The second kappa shape index (κ2) is 6.10. The van der Waals surface area contributed by atoms with Crippen molar-refractivity contribution in [3.8, 4) is 0 Å². The summed E-state index contributed by atoms with van der Waals surface area (Å²) in [7, 11) is 0. The molecule has 2 saturated heterocycles. The van der Waals surface area contributed by atoms with Crippen LogP contribution in [0.25, 0.3) is 0 Å². The third kappa shape index (κ3) is 3.13. The number of hydrogen-bond donors (Lipinski definition) is 0. The highest BCUT2D eigenvalue weighted by molar-refractivity contribution is 6.29. The van der Waals surface area contributed by atoms with Crippen LogP contribution < -0.4 is 0 Å². The highest BCUT2D eigenvalue weighted by atomic mass is 35.5. The minimum atomic E-state index is 0.338. The van der Waals surface area contributed by atoms with Crippen molar-refractivity contribution in [2.24, 2.45) is 0 Å². The zero-order valence-corrected chi connectivity index (χ0v) is 12.4. The van der Waals surface area contributed by atoms with Gasteiger partial charge in [0.25, 0.3) is 0 Å². The molecule has 0 radical (unpaired) electrons. The predicted molar refractivity (Wildman–Crippen MR) is 78.5 cm³/mol. The molecular formula is C15H20ClN3O. The van der Waals surface area contributed by atoms with E-state index in [-0.39, 0.29) is 0 Å². The van der Waals surface area contributed by atoms with Gasteiger partial charge in [-0.3, -0.25) is 9.69 Å². The molecule has 0 spiro atoms. The largest absolute Gasteiger partial charge is 0.338 e. The van der Waals surface area contributed by atoms with Crippen LogP contribution in [-0.2, 0) is 11.3 Å². The molecule has 2 fully saturated rings. The SMILES string of the molecule is O=C1CCCN1[C@H]1CCCN(Cc2ccc(Cl)nc2)C1. The summed E-state index contributed by atoms with van der Waals surface area (Å²) < 4.78 is 0. The molecule has 4 nitrogen and oxygen atoms in total. The standard InChI is InChI=1S/C15H20ClN3O/c16-14-6-5-12(9-17-14)10-18-7-1-3-13(11-18)19-8-2-4-15(19)20/h5-6,9,13H,1-4,7-8,10-11H2/t13-/m0/s1. The van der Waals surface area contributed by atoms with Crippen LogP contribution in [0.4, 0.5) is 0 Å². The average Bonchev–Trinajstić information content (AvgIpc) is 2.88. The van der Waals surface area contributed by atoms with E-state index in [0.717, 1.165) is 51.9 Å². The van der Waals surface area contributed by atoms with E-state index in [1.807, 2.05) is 18.3 Å². The van der Waals surface area contributed by atoms with Gasteiger partial charge in [0.1, 0.15) is 5.15 Å².